The average Bonchev–Trinajstić information content (AvgIpc) is 2.77. The third-order valence-electron chi connectivity index (χ3n) is 3.02. The van der Waals surface area contributed by atoms with Gasteiger partial charge in [-0.2, -0.15) is 0 Å². The smallest absolute Gasteiger partial charge is 0.223 e. The van der Waals surface area contributed by atoms with Gasteiger partial charge in [-0.15, -0.1) is 11.3 Å². The van der Waals surface area contributed by atoms with Gasteiger partial charge in [-0.3, -0.25) is 4.79 Å². The Labute approximate surface area is 109 Å². The molecule has 0 bridgehead atoms. The van der Waals surface area contributed by atoms with E-state index >= 15 is 0 Å². The lowest BCUT2D eigenvalue weighted by Gasteiger charge is -2.15. The van der Waals surface area contributed by atoms with Crippen LogP contribution in [0.5, 0.6) is 0 Å². The molecule has 1 unspecified atom stereocenters. The van der Waals surface area contributed by atoms with Gasteiger partial charge in [-0.05, 0) is 39.7 Å². The van der Waals surface area contributed by atoms with Crippen molar-refractivity contribution in [1.82, 2.24) is 4.90 Å². The van der Waals surface area contributed by atoms with Crippen molar-refractivity contribution in [2.24, 2.45) is 5.92 Å². The summed E-state index contributed by atoms with van der Waals surface area (Å²) in [6, 6.07) is 2.05. The Morgan fingerprint density at radius 1 is 1.62 bits per heavy atom. The first-order chi connectivity index (χ1) is 7.70. The molecule has 0 aromatic carbocycles. The quantitative estimate of drug-likeness (QED) is 0.831. The number of hydrogen-bond donors (Lipinski definition) is 0. The molecule has 2 heterocycles. The highest BCUT2D eigenvalue weighted by molar-refractivity contribution is 9.10. The van der Waals surface area contributed by atoms with Crippen LogP contribution in [0.25, 0.3) is 0 Å². The fourth-order valence-corrected chi connectivity index (χ4v) is 3.71. The van der Waals surface area contributed by atoms with Crippen LogP contribution in [0, 0.1) is 5.92 Å². The first kappa shape index (κ1) is 12.1. The molecule has 0 N–H and O–H groups in total. The molecule has 16 heavy (non-hydrogen) atoms. The Morgan fingerprint density at radius 2 is 2.44 bits per heavy atom. The maximum atomic E-state index is 11.8. The molecule has 1 aromatic heterocycles. The minimum atomic E-state index is 0.318. The van der Waals surface area contributed by atoms with Crippen LogP contribution < -0.4 is 0 Å². The molecular weight excluding hydrogens is 286 g/mol. The van der Waals surface area contributed by atoms with Gasteiger partial charge in [0.2, 0.25) is 5.91 Å². The molecule has 1 atom stereocenters. The van der Waals surface area contributed by atoms with Crippen LogP contribution in [0.15, 0.2) is 15.9 Å². The van der Waals surface area contributed by atoms with Gasteiger partial charge in [-0.1, -0.05) is 13.3 Å². The van der Waals surface area contributed by atoms with Crippen molar-refractivity contribution in [1.29, 1.82) is 0 Å². The fourth-order valence-electron chi connectivity index (χ4n) is 2.22. The molecule has 1 saturated heterocycles. The highest BCUT2D eigenvalue weighted by atomic mass is 79.9. The number of nitrogens with zero attached hydrogens (tertiary/aromatic N) is 1. The molecule has 0 saturated carbocycles. The predicted molar refractivity (Wildman–Crippen MR) is 70.5 cm³/mol. The van der Waals surface area contributed by atoms with Gasteiger partial charge in [-0.25, -0.2) is 0 Å². The molecule has 1 aliphatic rings. The lowest BCUT2D eigenvalue weighted by atomic mass is 10.0. The largest absolute Gasteiger partial charge is 0.337 e. The second-order valence-corrected chi connectivity index (χ2v) is 6.18. The van der Waals surface area contributed by atoms with E-state index in [1.165, 1.54) is 17.7 Å². The summed E-state index contributed by atoms with van der Waals surface area (Å²) >= 11 is 5.22. The first-order valence-corrected chi connectivity index (χ1v) is 7.37. The van der Waals surface area contributed by atoms with Crippen molar-refractivity contribution >= 4 is 33.2 Å². The summed E-state index contributed by atoms with van der Waals surface area (Å²) in [5.41, 5.74) is 0. The van der Waals surface area contributed by atoms with Gasteiger partial charge in [0, 0.05) is 22.3 Å². The number of carbonyl (C=O) groups is 1. The third kappa shape index (κ3) is 2.66. The zero-order valence-electron chi connectivity index (χ0n) is 9.41. The molecule has 2 rings (SSSR count). The second kappa shape index (κ2) is 5.32. The third-order valence-corrected chi connectivity index (χ3v) is 4.93. The van der Waals surface area contributed by atoms with E-state index < -0.39 is 0 Å². The molecule has 0 aliphatic carbocycles. The van der Waals surface area contributed by atoms with E-state index in [2.05, 4.69) is 28.2 Å². The summed E-state index contributed by atoms with van der Waals surface area (Å²) < 4.78 is 1.13. The topological polar surface area (TPSA) is 20.3 Å². The second-order valence-electron chi connectivity index (χ2n) is 4.32. The van der Waals surface area contributed by atoms with E-state index in [4.69, 9.17) is 0 Å². The number of halogens is 1. The zero-order chi connectivity index (χ0) is 11.5. The Bertz CT molecular complexity index is 377. The number of likely N-dealkylation sites (tertiary alicyclic amines) is 1. The highest BCUT2D eigenvalue weighted by Crippen LogP contribution is 2.28. The molecule has 4 heteroatoms. The number of thiophene rings is 1. The fraction of sp³-hybridized carbons (Fsp3) is 0.583. The molecule has 0 radical (unpaired) electrons. The molecular formula is C12H16BrNOS. The van der Waals surface area contributed by atoms with Crippen LogP contribution in [-0.2, 0) is 11.3 Å². The van der Waals surface area contributed by atoms with E-state index in [1.807, 2.05) is 11.0 Å². The van der Waals surface area contributed by atoms with Crippen LogP contribution in [0.4, 0.5) is 0 Å². The summed E-state index contributed by atoms with van der Waals surface area (Å²) in [5.74, 6) is 0.898. The Morgan fingerprint density at radius 3 is 3.06 bits per heavy atom. The van der Waals surface area contributed by atoms with Crippen LogP contribution in [0.3, 0.4) is 0 Å². The van der Waals surface area contributed by atoms with E-state index in [9.17, 15) is 4.79 Å². The summed E-state index contributed by atoms with van der Waals surface area (Å²) in [6.07, 6.45) is 3.10. The minimum absolute atomic E-state index is 0.318. The number of rotatable bonds is 4. The normalized spacial score (nSPS) is 20.8. The zero-order valence-corrected chi connectivity index (χ0v) is 11.8. The Balaban J connectivity index is 1.96. The van der Waals surface area contributed by atoms with Crippen LogP contribution >= 0.6 is 27.3 Å². The van der Waals surface area contributed by atoms with Gasteiger partial charge >= 0.3 is 0 Å². The number of carbonyl (C=O) groups excluding carboxylic acids is 1. The van der Waals surface area contributed by atoms with Gasteiger partial charge in [0.25, 0.3) is 0 Å². The number of hydrogen-bond acceptors (Lipinski definition) is 2. The van der Waals surface area contributed by atoms with Crippen molar-refractivity contribution in [2.75, 3.05) is 6.54 Å². The highest BCUT2D eigenvalue weighted by Gasteiger charge is 2.29. The van der Waals surface area contributed by atoms with E-state index in [0.29, 0.717) is 11.8 Å². The van der Waals surface area contributed by atoms with Crippen molar-refractivity contribution in [3.05, 3.63) is 20.8 Å². The van der Waals surface area contributed by atoms with Gasteiger partial charge in [0.1, 0.15) is 0 Å². The molecule has 1 amide bonds. The molecule has 88 valence electrons. The van der Waals surface area contributed by atoms with Crippen LogP contribution in [0.1, 0.15) is 31.1 Å². The van der Waals surface area contributed by atoms with Crippen molar-refractivity contribution < 1.29 is 4.79 Å². The molecule has 1 fully saturated rings. The molecule has 2 nitrogen and oxygen atoms in total. The van der Waals surface area contributed by atoms with Crippen molar-refractivity contribution in [3.63, 3.8) is 0 Å². The summed E-state index contributed by atoms with van der Waals surface area (Å²) in [4.78, 5) is 15.1. The first-order valence-electron chi connectivity index (χ1n) is 5.70. The molecule has 0 spiro atoms. The maximum absolute atomic E-state index is 11.8. The molecule has 1 aromatic rings. The van der Waals surface area contributed by atoms with Gasteiger partial charge in [0.05, 0.1) is 6.54 Å². The van der Waals surface area contributed by atoms with Gasteiger partial charge in [0.15, 0.2) is 0 Å². The van der Waals surface area contributed by atoms with E-state index in [0.717, 1.165) is 24.0 Å². The predicted octanol–water partition coefficient (Wildman–Crippen LogP) is 3.66. The minimum Gasteiger partial charge on any atom is -0.337 e. The number of amides is 1. The maximum Gasteiger partial charge on any atom is 0.223 e. The Hall–Kier alpha value is -0.350. The van der Waals surface area contributed by atoms with Crippen LogP contribution in [0.2, 0.25) is 0 Å². The van der Waals surface area contributed by atoms with Crippen LogP contribution in [-0.4, -0.2) is 17.4 Å². The van der Waals surface area contributed by atoms with E-state index in [-0.39, 0.29) is 0 Å². The molecule has 1 aliphatic heterocycles. The van der Waals surface area contributed by atoms with E-state index in [1.54, 1.807) is 11.3 Å². The lowest BCUT2D eigenvalue weighted by molar-refractivity contribution is -0.128. The van der Waals surface area contributed by atoms with Gasteiger partial charge < -0.3 is 4.90 Å². The summed E-state index contributed by atoms with van der Waals surface area (Å²) in [5, 5.41) is 2.06. The average molecular weight is 302 g/mol. The summed E-state index contributed by atoms with van der Waals surface area (Å²) in [7, 11) is 0. The SMILES string of the molecule is CCCC1CC(=O)N(Cc2sccc2Br)C1. The standard InChI is InChI=1S/C12H16BrNOS/c1-2-3-9-6-12(15)14(7-9)8-11-10(13)4-5-16-11/h4-5,9H,2-3,6-8H2,1H3. The monoisotopic (exact) mass is 301 g/mol. The van der Waals surface area contributed by atoms with Crippen molar-refractivity contribution in [2.45, 2.75) is 32.7 Å². The lowest BCUT2D eigenvalue weighted by Crippen LogP contribution is -2.24. The Kier molecular flexibility index (Phi) is 4.03. The summed E-state index contributed by atoms with van der Waals surface area (Å²) in [6.45, 7) is 3.90. The van der Waals surface area contributed by atoms with Crippen molar-refractivity contribution in [3.8, 4) is 0 Å².